The van der Waals surface area contributed by atoms with Crippen molar-refractivity contribution in [3.05, 3.63) is 54.6 Å². The van der Waals surface area contributed by atoms with E-state index < -0.39 is 17.8 Å². The molecule has 0 saturated heterocycles. The molecule has 25 heavy (non-hydrogen) atoms. The Kier molecular flexibility index (Phi) is 3.76. The molecule has 0 fully saturated rings. The Bertz CT molecular complexity index is 1000. The third-order valence-electron chi connectivity index (χ3n) is 4.73. The Morgan fingerprint density at radius 1 is 0.960 bits per heavy atom. The van der Waals surface area contributed by atoms with E-state index >= 15 is 0 Å². The van der Waals surface area contributed by atoms with Crippen molar-refractivity contribution in [2.24, 2.45) is 11.8 Å². The minimum absolute atomic E-state index is 0.271. The van der Waals surface area contributed by atoms with Crippen LogP contribution in [-0.2, 0) is 9.59 Å². The normalized spacial score (nSPS) is 20.0. The molecule has 2 aromatic carbocycles. The first-order chi connectivity index (χ1) is 12.1. The Balaban J connectivity index is 1.61. The molecule has 1 aromatic heterocycles. The first-order valence-electron chi connectivity index (χ1n) is 8.23. The summed E-state index contributed by atoms with van der Waals surface area (Å²) in [5, 5.41) is 14.2. The summed E-state index contributed by atoms with van der Waals surface area (Å²) in [6, 6.07) is 13.3. The quantitative estimate of drug-likeness (QED) is 0.703. The number of carboxylic acid groups (broad SMARTS) is 1. The van der Waals surface area contributed by atoms with Crippen LogP contribution in [0.4, 0.5) is 5.69 Å². The van der Waals surface area contributed by atoms with Crippen molar-refractivity contribution in [3.8, 4) is 0 Å². The van der Waals surface area contributed by atoms with Crippen LogP contribution in [0.3, 0.4) is 0 Å². The fourth-order valence-corrected chi connectivity index (χ4v) is 3.42. The molecule has 1 aliphatic carbocycles. The number of carbonyl (C=O) groups is 2. The van der Waals surface area contributed by atoms with Gasteiger partial charge in [-0.15, -0.1) is 0 Å². The Morgan fingerprint density at radius 3 is 2.48 bits per heavy atom. The second-order valence-electron chi connectivity index (χ2n) is 6.29. The summed E-state index contributed by atoms with van der Waals surface area (Å²) in [7, 11) is 0. The number of benzene rings is 2. The van der Waals surface area contributed by atoms with Gasteiger partial charge in [0.2, 0.25) is 5.91 Å². The van der Waals surface area contributed by atoms with Crippen LogP contribution in [0.1, 0.15) is 12.8 Å². The van der Waals surface area contributed by atoms with Crippen LogP contribution in [-0.4, -0.2) is 17.0 Å². The molecule has 2 N–H and O–H groups in total. The van der Waals surface area contributed by atoms with Gasteiger partial charge in [-0.1, -0.05) is 30.4 Å². The van der Waals surface area contributed by atoms with Crippen molar-refractivity contribution in [3.63, 3.8) is 0 Å². The number of allylic oxidation sites excluding steroid dienone is 2. The average molecular weight is 335 g/mol. The van der Waals surface area contributed by atoms with Gasteiger partial charge in [-0.25, -0.2) is 0 Å². The summed E-state index contributed by atoms with van der Waals surface area (Å²) in [5.41, 5.74) is 2.09. The SMILES string of the molecule is O=C(O)C1CC=CCC1C(=O)Nc1ccc2c(c1)oc1ccccc12. The van der Waals surface area contributed by atoms with Crippen molar-refractivity contribution >= 4 is 39.5 Å². The molecule has 1 amide bonds. The van der Waals surface area contributed by atoms with E-state index in [9.17, 15) is 14.7 Å². The maximum atomic E-state index is 12.6. The van der Waals surface area contributed by atoms with Crippen molar-refractivity contribution in [2.45, 2.75) is 12.8 Å². The van der Waals surface area contributed by atoms with Crippen LogP contribution < -0.4 is 5.32 Å². The molecule has 0 bridgehead atoms. The van der Waals surface area contributed by atoms with Gasteiger partial charge in [-0.2, -0.15) is 0 Å². The molecule has 0 radical (unpaired) electrons. The molecule has 5 nitrogen and oxygen atoms in total. The van der Waals surface area contributed by atoms with Gasteiger partial charge >= 0.3 is 5.97 Å². The number of furan rings is 1. The number of anilines is 1. The third kappa shape index (κ3) is 2.78. The maximum absolute atomic E-state index is 12.6. The van der Waals surface area contributed by atoms with Crippen LogP contribution in [0.15, 0.2) is 59.0 Å². The van der Waals surface area contributed by atoms with Gasteiger partial charge in [-0.05, 0) is 31.0 Å². The fraction of sp³-hybridized carbons (Fsp3) is 0.200. The molecule has 2 unspecified atom stereocenters. The summed E-state index contributed by atoms with van der Waals surface area (Å²) in [6.07, 6.45) is 4.51. The van der Waals surface area contributed by atoms with Crippen molar-refractivity contribution in [1.82, 2.24) is 0 Å². The lowest BCUT2D eigenvalue weighted by Crippen LogP contribution is -2.34. The highest BCUT2D eigenvalue weighted by Gasteiger charge is 2.33. The smallest absolute Gasteiger partial charge is 0.307 e. The van der Waals surface area contributed by atoms with Gasteiger partial charge in [0.25, 0.3) is 0 Å². The molecule has 0 spiro atoms. The number of carbonyl (C=O) groups excluding carboxylic acids is 1. The van der Waals surface area contributed by atoms with Crippen molar-refractivity contribution in [1.29, 1.82) is 0 Å². The fourth-order valence-electron chi connectivity index (χ4n) is 3.42. The van der Waals surface area contributed by atoms with Gasteiger partial charge < -0.3 is 14.8 Å². The zero-order chi connectivity index (χ0) is 17.4. The highest BCUT2D eigenvalue weighted by atomic mass is 16.4. The lowest BCUT2D eigenvalue weighted by molar-refractivity contribution is -0.146. The number of para-hydroxylation sites is 1. The molecule has 1 heterocycles. The molecular weight excluding hydrogens is 318 g/mol. The number of aliphatic carboxylic acids is 1. The molecular formula is C20H17NO4. The molecule has 1 aliphatic rings. The number of hydrogen-bond donors (Lipinski definition) is 2. The second-order valence-corrected chi connectivity index (χ2v) is 6.29. The predicted octanol–water partition coefficient (Wildman–Crippen LogP) is 4.19. The van der Waals surface area contributed by atoms with E-state index in [4.69, 9.17) is 4.42 Å². The number of amides is 1. The summed E-state index contributed by atoms with van der Waals surface area (Å²) in [4.78, 5) is 23.9. The molecule has 0 aliphatic heterocycles. The predicted molar refractivity (Wildman–Crippen MR) is 95.3 cm³/mol. The summed E-state index contributed by atoms with van der Waals surface area (Å²) < 4.78 is 5.82. The Hall–Kier alpha value is -3.08. The van der Waals surface area contributed by atoms with Crippen molar-refractivity contribution in [2.75, 3.05) is 5.32 Å². The van der Waals surface area contributed by atoms with Gasteiger partial charge in [0.05, 0.1) is 11.8 Å². The minimum atomic E-state index is -0.933. The molecule has 5 heteroatoms. The van der Waals surface area contributed by atoms with Crippen molar-refractivity contribution < 1.29 is 19.1 Å². The Labute approximate surface area is 143 Å². The molecule has 2 atom stereocenters. The van der Waals surface area contributed by atoms with Crippen LogP contribution in [0.5, 0.6) is 0 Å². The van der Waals surface area contributed by atoms with Gasteiger partial charge in [0, 0.05) is 22.5 Å². The summed E-state index contributed by atoms with van der Waals surface area (Å²) in [5.74, 6) is -2.45. The van der Waals surface area contributed by atoms with Crippen LogP contribution in [0.2, 0.25) is 0 Å². The standard InChI is InChI=1S/C20H17NO4/c22-19(15-6-1-2-7-16(15)20(23)24)21-12-9-10-14-13-5-3-4-8-17(13)25-18(14)11-12/h1-5,8-11,15-16H,6-7H2,(H,21,22)(H,23,24). The molecule has 0 saturated carbocycles. The maximum Gasteiger partial charge on any atom is 0.307 e. The van der Waals surface area contributed by atoms with Gasteiger partial charge in [0.1, 0.15) is 11.2 Å². The summed E-state index contributed by atoms with van der Waals surface area (Å²) >= 11 is 0. The topological polar surface area (TPSA) is 79.5 Å². The minimum Gasteiger partial charge on any atom is -0.481 e. The van der Waals surface area contributed by atoms with E-state index in [0.29, 0.717) is 24.1 Å². The van der Waals surface area contributed by atoms with Gasteiger partial charge in [-0.3, -0.25) is 9.59 Å². The van der Waals surface area contributed by atoms with E-state index in [0.717, 1.165) is 16.4 Å². The molecule has 126 valence electrons. The number of rotatable bonds is 3. The first kappa shape index (κ1) is 15.4. The van der Waals surface area contributed by atoms with E-state index in [1.807, 2.05) is 48.6 Å². The molecule has 4 rings (SSSR count). The van der Waals surface area contributed by atoms with E-state index in [1.165, 1.54) is 0 Å². The number of carboxylic acids is 1. The first-order valence-corrected chi connectivity index (χ1v) is 8.23. The zero-order valence-corrected chi connectivity index (χ0v) is 13.4. The average Bonchev–Trinajstić information content (AvgIpc) is 2.99. The Morgan fingerprint density at radius 2 is 1.68 bits per heavy atom. The number of hydrogen-bond acceptors (Lipinski definition) is 3. The van der Waals surface area contributed by atoms with Crippen LogP contribution in [0, 0.1) is 11.8 Å². The van der Waals surface area contributed by atoms with E-state index in [1.54, 1.807) is 6.07 Å². The monoisotopic (exact) mass is 335 g/mol. The van der Waals surface area contributed by atoms with Crippen LogP contribution in [0.25, 0.3) is 21.9 Å². The largest absolute Gasteiger partial charge is 0.481 e. The zero-order valence-electron chi connectivity index (χ0n) is 13.4. The lowest BCUT2D eigenvalue weighted by Gasteiger charge is -2.24. The van der Waals surface area contributed by atoms with Gasteiger partial charge in [0.15, 0.2) is 0 Å². The second kappa shape index (κ2) is 6.09. The third-order valence-corrected chi connectivity index (χ3v) is 4.73. The lowest BCUT2D eigenvalue weighted by atomic mass is 9.82. The number of fused-ring (bicyclic) bond motifs is 3. The van der Waals surface area contributed by atoms with Crippen LogP contribution >= 0.6 is 0 Å². The van der Waals surface area contributed by atoms with E-state index in [2.05, 4.69) is 5.32 Å². The highest BCUT2D eigenvalue weighted by Crippen LogP contribution is 2.31. The summed E-state index contributed by atoms with van der Waals surface area (Å²) in [6.45, 7) is 0. The number of nitrogens with one attached hydrogen (secondary N) is 1. The highest BCUT2D eigenvalue weighted by molar-refractivity contribution is 6.06. The van der Waals surface area contributed by atoms with E-state index in [-0.39, 0.29) is 5.91 Å². The molecule has 3 aromatic rings.